The van der Waals surface area contributed by atoms with Gasteiger partial charge in [0.2, 0.25) is 5.95 Å². The molecule has 90 valence electrons. The van der Waals surface area contributed by atoms with Crippen LogP contribution in [-0.4, -0.2) is 16.0 Å². The van der Waals surface area contributed by atoms with E-state index < -0.39 is 0 Å². The molecule has 0 spiro atoms. The van der Waals surface area contributed by atoms with Crippen LogP contribution < -0.4 is 5.32 Å². The van der Waals surface area contributed by atoms with Crippen LogP contribution in [0.5, 0.6) is 0 Å². The second kappa shape index (κ2) is 4.70. The summed E-state index contributed by atoms with van der Waals surface area (Å²) in [6, 6.07) is 4.05. The van der Waals surface area contributed by atoms with Gasteiger partial charge in [-0.2, -0.15) is 5.26 Å². The average molecular weight is 230 g/mol. The molecule has 1 fully saturated rings. The molecule has 0 bridgehead atoms. The average Bonchev–Trinajstić information content (AvgIpc) is 2.32. The molecule has 1 atom stereocenters. The summed E-state index contributed by atoms with van der Waals surface area (Å²) in [7, 11) is 0. The topological polar surface area (TPSA) is 61.6 Å². The number of aromatic nitrogens is 2. The molecule has 1 N–H and O–H groups in total. The molecule has 4 nitrogen and oxygen atoms in total. The summed E-state index contributed by atoms with van der Waals surface area (Å²) < 4.78 is 0. The molecule has 0 amide bonds. The van der Waals surface area contributed by atoms with Crippen LogP contribution in [0.1, 0.15) is 45.2 Å². The second-order valence-electron chi connectivity index (χ2n) is 5.31. The highest BCUT2D eigenvalue weighted by Gasteiger charge is 2.32. The molecule has 1 aromatic heterocycles. The number of nitriles is 1. The van der Waals surface area contributed by atoms with Gasteiger partial charge in [0.05, 0.1) is 0 Å². The molecule has 0 aromatic carbocycles. The van der Waals surface area contributed by atoms with Crippen LogP contribution in [0.25, 0.3) is 0 Å². The van der Waals surface area contributed by atoms with Crippen LogP contribution in [0.2, 0.25) is 0 Å². The minimum atomic E-state index is 0.268. The number of nitrogens with zero attached hydrogens (tertiary/aromatic N) is 3. The van der Waals surface area contributed by atoms with E-state index in [9.17, 15) is 0 Å². The molecule has 1 aromatic rings. The van der Waals surface area contributed by atoms with E-state index in [2.05, 4.69) is 29.1 Å². The zero-order valence-electron chi connectivity index (χ0n) is 10.4. The number of anilines is 1. The van der Waals surface area contributed by atoms with Crippen molar-refractivity contribution in [3.63, 3.8) is 0 Å². The first-order valence-electron chi connectivity index (χ1n) is 6.11. The summed E-state index contributed by atoms with van der Waals surface area (Å²) >= 11 is 0. The van der Waals surface area contributed by atoms with Crippen LogP contribution in [0.15, 0.2) is 12.3 Å². The molecular weight excluding hydrogens is 212 g/mol. The fraction of sp³-hybridized carbons (Fsp3) is 0.615. The van der Waals surface area contributed by atoms with Crippen LogP contribution >= 0.6 is 0 Å². The Bertz CT molecular complexity index is 433. The largest absolute Gasteiger partial charge is 0.351 e. The number of nitrogens with one attached hydrogen (secondary N) is 1. The van der Waals surface area contributed by atoms with Gasteiger partial charge < -0.3 is 5.32 Å². The molecule has 1 aliphatic carbocycles. The summed E-state index contributed by atoms with van der Waals surface area (Å²) in [5.74, 6) is 0.573. The van der Waals surface area contributed by atoms with Gasteiger partial charge in [-0.3, -0.25) is 0 Å². The molecule has 0 aliphatic heterocycles. The third-order valence-corrected chi connectivity index (χ3v) is 3.58. The lowest BCUT2D eigenvalue weighted by Crippen LogP contribution is -2.39. The minimum absolute atomic E-state index is 0.268. The van der Waals surface area contributed by atoms with E-state index in [-0.39, 0.29) is 5.41 Å². The third kappa shape index (κ3) is 2.73. The molecular formula is C13H18N4. The van der Waals surface area contributed by atoms with Crippen molar-refractivity contribution in [2.45, 2.75) is 45.6 Å². The SMILES string of the molecule is CC1(C)CCCCC1Nc1nccc(C#N)n1. The number of hydrogen-bond donors (Lipinski definition) is 1. The van der Waals surface area contributed by atoms with E-state index in [0.717, 1.165) is 6.42 Å². The summed E-state index contributed by atoms with van der Waals surface area (Å²) in [6.45, 7) is 4.55. The predicted molar refractivity (Wildman–Crippen MR) is 66.4 cm³/mol. The molecule has 1 aliphatic rings. The van der Waals surface area contributed by atoms with Crippen molar-refractivity contribution in [1.82, 2.24) is 9.97 Å². The van der Waals surface area contributed by atoms with Gasteiger partial charge in [0, 0.05) is 12.2 Å². The maximum Gasteiger partial charge on any atom is 0.224 e. The standard InChI is InChI=1S/C13H18N4/c1-13(2)7-4-3-5-11(13)17-12-15-8-6-10(9-14)16-12/h6,8,11H,3-5,7H2,1-2H3,(H,15,16,17). The highest BCUT2D eigenvalue weighted by molar-refractivity contribution is 5.31. The lowest BCUT2D eigenvalue weighted by Gasteiger charge is -2.39. The zero-order chi connectivity index (χ0) is 12.3. The third-order valence-electron chi connectivity index (χ3n) is 3.58. The highest BCUT2D eigenvalue weighted by Crippen LogP contribution is 2.36. The zero-order valence-corrected chi connectivity index (χ0v) is 10.4. The second-order valence-corrected chi connectivity index (χ2v) is 5.31. The van der Waals surface area contributed by atoms with Gasteiger partial charge >= 0.3 is 0 Å². The summed E-state index contributed by atoms with van der Waals surface area (Å²) in [5.41, 5.74) is 0.681. The number of hydrogen-bond acceptors (Lipinski definition) is 4. The molecule has 0 saturated heterocycles. The maximum absolute atomic E-state index is 8.80. The first-order valence-corrected chi connectivity index (χ1v) is 6.11. The molecule has 1 saturated carbocycles. The van der Waals surface area contributed by atoms with E-state index in [0.29, 0.717) is 17.7 Å². The van der Waals surface area contributed by atoms with Gasteiger partial charge in [-0.25, -0.2) is 9.97 Å². The smallest absolute Gasteiger partial charge is 0.224 e. The van der Waals surface area contributed by atoms with Gasteiger partial charge in [0.25, 0.3) is 0 Å². The Hall–Kier alpha value is -1.63. The van der Waals surface area contributed by atoms with Gasteiger partial charge in [-0.05, 0) is 24.3 Å². The monoisotopic (exact) mass is 230 g/mol. The van der Waals surface area contributed by atoms with Crippen LogP contribution in [0.4, 0.5) is 5.95 Å². The summed E-state index contributed by atoms with van der Waals surface area (Å²) in [6.07, 6.45) is 6.54. The quantitative estimate of drug-likeness (QED) is 0.848. The lowest BCUT2D eigenvalue weighted by molar-refractivity contribution is 0.216. The van der Waals surface area contributed by atoms with Crippen molar-refractivity contribution in [2.75, 3.05) is 5.32 Å². The van der Waals surface area contributed by atoms with Gasteiger partial charge in [-0.15, -0.1) is 0 Å². The Labute approximate surface area is 102 Å². The van der Waals surface area contributed by atoms with Crippen molar-refractivity contribution in [3.8, 4) is 6.07 Å². The molecule has 1 heterocycles. The van der Waals surface area contributed by atoms with Crippen LogP contribution in [0.3, 0.4) is 0 Å². The number of rotatable bonds is 2. The molecule has 4 heteroatoms. The summed E-state index contributed by atoms with van der Waals surface area (Å²) in [5, 5.41) is 12.2. The van der Waals surface area contributed by atoms with E-state index in [1.54, 1.807) is 12.3 Å². The van der Waals surface area contributed by atoms with E-state index in [1.807, 2.05) is 6.07 Å². The van der Waals surface area contributed by atoms with Gasteiger partial charge in [-0.1, -0.05) is 26.7 Å². The Morgan fingerprint density at radius 2 is 2.29 bits per heavy atom. The Morgan fingerprint density at radius 1 is 1.47 bits per heavy atom. The lowest BCUT2D eigenvalue weighted by atomic mass is 9.73. The molecule has 17 heavy (non-hydrogen) atoms. The summed E-state index contributed by atoms with van der Waals surface area (Å²) in [4.78, 5) is 8.34. The van der Waals surface area contributed by atoms with Crippen molar-refractivity contribution < 1.29 is 0 Å². The minimum Gasteiger partial charge on any atom is -0.351 e. The van der Waals surface area contributed by atoms with Crippen molar-refractivity contribution in [3.05, 3.63) is 18.0 Å². The Morgan fingerprint density at radius 3 is 3.00 bits per heavy atom. The first-order chi connectivity index (χ1) is 8.12. The fourth-order valence-electron chi connectivity index (χ4n) is 2.41. The van der Waals surface area contributed by atoms with E-state index in [4.69, 9.17) is 5.26 Å². The van der Waals surface area contributed by atoms with Crippen LogP contribution in [-0.2, 0) is 0 Å². The van der Waals surface area contributed by atoms with E-state index in [1.165, 1.54) is 19.3 Å². The normalized spacial score (nSPS) is 22.8. The van der Waals surface area contributed by atoms with E-state index >= 15 is 0 Å². The predicted octanol–water partition coefficient (Wildman–Crippen LogP) is 2.73. The van der Waals surface area contributed by atoms with Crippen molar-refractivity contribution in [2.24, 2.45) is 5.41 Å². The molecule has 1 unspecified atom stereocenters. The Kier molecular flexibility index (Phi) is 3.28. The highest BCUT2D eigenvalue weighted by atomic mass is 15.1. The van der Waals surface area contributed by atoms with Gasteiger partial charge in [0.1, 0.15) is 11.8 Å². The van der Waals surface area contributed by atoms with Gasteiger partial charge in [0.15, 0.2) is 0 Å². The van der Waals surface area contributed by atoms with Crippen LogP contribution in [0, 0.1) is 16.7 Å². The van der Waals surface area contributed by atoms with Crippen molar-refractivity contribution in [1.29, 1.82) is 5.26 Å². The molecule has 2 rings (SSSR count). The maximum atomic E-state index is 8.80. The first kappa shape index (κ1) is 11.8. The Balaban J connectivity index is 2.12. The molecule has 0 radical (unpaired) electrons. The fourth-order valence-corrected chi connectivity index (χ4v) is 2.41. The van der Waals surface area contributed by atoms with Crippen molar-refractivity contribution >= 4 is 5.95 Å².